The van der Waals surface area contributed by atoms with Gasteiger partial charge >= 0.3 is 0 Å². The molecule has 3 nitrogen and oxygen atoms in total. The largest absolute Gasteiger partial charge is 0.366 e. The van der Waals surface area contributed by atoms with Crippen molar-refractivity contribution in [3.8, 4) is 6.07 Å². The number of benzene rings is 1. The Balaban J connectivity index is 3.29. The number of carbonyl (C=O) groups excluding carboxylic acids is 1. The molecule has 0 bridgehead atoms. The molecular weight excluding hydrogens is 236 g/mol. The molecule has 0 saturated carbocycles. The number of unbranched alkanes of at least 4 members (excludes halogenated alkanes) is 2. The van der Waals surface area contributed by atoms with Gasteiger partial charge < -0.3 is 5.73 Å². The minimum absolute atomic E-state index is 0.395. The van der Waals surface area contributed by atoms with Crippen molar-refractivity contribution in [2.24, 2.45) is 5.73 Å². The van der Waals surface area contributed by atoms with Crippen LogP contribution < -0.4 is 5.73 Å². The fourth-order valence-electron chi connectivity index (χ4n) is 2.31. The molecule has 1 aromatic rings. The Morgan fingerprint density at radius 3 is 2.21 bits per heavy atom. The molecule has 102 valence electrons. The van der Waals surface area contributed by atoms with E-state index in [4.69, 9.17) is 5.73 Å². The zero-order chi connectivity index (χ0) is 14.3. The van der Waals surface area contributed by atoms with Gasteiger partial charge in [0, 0.05) is 5.56 Å². The molecule has 2 N–H and O–H groups in total. The number of carbonyl (C=O) groups is 1. The lowest BCUT2D eigenvalue weighted by Crippen LogP contribution is -2.16. The third-order valence-corrected chi connectivity index (χ3v) is 3.38. The molecule has 3 heteroatoms. The van der Waals surface area contributed by atoms with Crippen LogP contribution in [0, 0.1) is 11.3 Å². The Bertz CT molecular complexity index is 486. The van der Waals surface area contributed by atoms with Crippen LogP contribution in [0.25, 0.3) is 0 Å². The highest BCUT2D eigenvalue weighted by atomic mass is 16.1. The van der Waals surface area contributed by atoms with Gasteiger partial charge in [0.15, 0.2) is 0 Å². The van der Waals surface area contributed by atoms with Crippen LogP contribution in [0.1, 0.15) is 66.6 Å². The van der Waals surface area contributed by atoms with E-state index in [1.807, 2.05) is 0 Å². The van der Waals surface area contributed by atoms with Crippen LogP contribution >= 0.6 is 0 Å². The number of nitrogens with two attached hydrogens (primary N) is 1. The first-order valence-electron chi connectivity index (χ1n) is 7.00. The van der Waals surface area contributed by atoms with Gasteiger partial charge in [-0.15, -0.1) is 0 Å². The minimum atomic E-state index is -0.395. The first-order valence-corrected chi connectivity index (χ1v) is 7.00. The molecular formula is C16H22N2O. The number of rotatable bonds is 7. The highest BCUT2D eigenvalue weighted by Crippen LogP contribution is 2.23. The molecule has 0 radical (unpaired) electrons. The number of nitriles is 1. The van der Waals surface area contributed by atoms with Gasteiger partial charge in [0.2, 0.25) is 5.91 Å². The van der Waals surface area contributed by atoms with Crippen LogP contribution in [0.3, 0.4) is 0 Å². The van der Waals surface area contributed by atoms with E-state index in [9.17, 15) is 10.1 Å². The van der Waals surface area contributed by atoms with Crippen LogP contribution in [0.15, 0.2) is 12.1 Å². The number of primary amides is 1. The number of nitrogens with zero attached hydrogens (tertiary/aromatic N) is 1. The molecule has 0 atom stereocenters. The fraction of sp³-hybridized carbons (Fsp3) is 0.500. The second-order valence-electron chi connectivity index (χ2n) is 4.80. The Hall–Kier alpha value is -1.82. The summed E-state index contributed by atoms with van der Waals surface area (Å²) in [5.41, 5.74) is 8.73. The van der Waals surface area contributed by atoms with Crippen LogP contribution in [-0.2, 0) is 12.8 Å². The molecule has 1 amide bonds. The highest BCUT2D eigenvalue weighted by molar-refractivity contribution is 5.95. The lowest BCUT2D eigenvalue weighted by atomic mass is 9.89. The maximum atomic E-state index is 11.5. The monoisotopic (exact) mass is 258 g/mol. The van der Waals surface area contributed by atoms with Crippen molar-refractivity contribution in [2.45, 2.75) is 52.4 Å². The van der Waals surface area contributed by atoms with E-state index in [-0.39, 0.29) is 0 Å². The zero-order valence-electron chi connectivity index (χ0n) is 11.8. The van der Waals surface area contributed by atoms with Crippen molar-refractivity contribution in [2.75, 3.05) is 0 Å². The van der Waals surface area contributed by atoms with Crippen molar-refractivity contribution in [3.05, 3.63) is 34.4 Å². The van der Waals surface area contributed by atoms with Gasteiger partial charge in [-0.3, -0.25) is 4.79 Å². The van der Waals surface area contributed by atoms with Crippen molar-refractivity contribution in [3.63, 3.8) is 0 Å². The molecule has 1 rings (SSSR count). The van der Waals surface area contributed by atoms with Crippen LogP contribution in [0.4, 0.5) is 0 Å². The van der Waals surface area contributed by atoms with Gasteiger partial charge in [-0.1, -0.05) is 26.7 Å². The first-order chi connectivity index (χ1) is 9.15. The normalized spacial score (nSPS) is 10.2. The molecule has 0 saturated heterocycles. The summed E-state index contributed by atoms with van der Waals surface area (Å²) in [4.78, 5) is 11.5. The van der Waals surface area contributed by atoms with E-state index in [0.717, 1.165) is 49.7 Å². The Morgan fingerprint density at radius 2 is 1.74 bits per heavy atom. The van der Waals surface area contributed by atoms with Crippen LogP contribution in [0.5, 0.6) is 0 Å². The predicted molar refractivity (Wildman–Crippen MR) is 76.9 cm³/mol. The summed E-state index contributed by atoms with van der Waals surface area (Å²) >= 11 is 0. The van der Waals surface area contributed by atoms with Crippen molar-refractivity contribution < 1.29 is 4.79 Å². The van der Waals surface area contributed by atoms with Gasteiger partial charge in [0.1, 0.15) is 0 Å². The summed E-state index contributed by atoms with van der Waals surface area (Å²) in [6, 6.07) is 5.65. The fourth-order valence-corrected chi connectivity index (χ4v) is 2.31. The third kappa shape index (κ3) is 3.82. The molecule has 0 unspecified atom stereocenters. The Labute approximate surface area is 115 Å². The number of amides is 1. The molecule has 0 aliphatic rings. The minimum Gasteiger partial charge on any atom is -0.366 e. The molecule has 1 aromatic carbocycles. The van der Waals surface area contributed by atoms with Gasteiger partial charge in [-0.05, 0) is 48.9 Å². The topological polar surface area (TPSA) is 66.9 Å². The lowest BCUT2D eigenvalue weighted by molar-refractivity contribution is 0.0999. The molecule has 0 aromatic heterocycles. The highest BCUT2D eigenvalue weighted by Gasteiger charge is 2.15. The molecule has 0 heterocycles. The molecule has 0 fully saturated rings. The summed E-state index contributed by atoms with van der Waals surface area (Å²) in [6.45, 7) is 4.24. The average Bonchev–Trinajstić information content (AvgIpc) is 2.41. The van der Waals surface area contributed by atoms with Gasteiger partial charge in [-0.2, -0.15) is 5.26 Å². The quantitative estimate of drug-likeness (QED) is 0.815. The standard InChI is InChI=1S/C16H22N2O/c1-3-5-7-13-12(11-17)9-10-15(16(18)19)14(13)8-6-4-2/h9-10H,3-8H2,1-2H3,(H2,18,19). The molecule has 0 aliphatic carbocycles. The second kappa shape index (κ2) is 7.58. The van der Waals surface area contributed by atoms with E-state index < -0.39 is 5.91 Å². The number of hydrogen-bond acceptors (Lipinski definition) is 2. The van der Waals surface area contributed by atoms with Crippen LogP contribution in [-0.4, -0.2) is 5.91 Å². The molecule has 0 aliphatic heterocycles. The summed E-state index contributed by atoms with van der Waals surface area (Å²) in [5.74, 6) is -0.395. The van der Waals surface area contributed by atoms with E-state index in [2.05, 4.69) is 19.9 Å². The maximum Gasteiger partial charge on any atom is 0.248 e. The van der Waals surface area contributed by atoms with E-state index >= 15 is 0 Å². The van der Waals surface area contributed by atoms with E-state index in [1.165, 1.54) is 0 Å². The summed E-state index contributed by atoms with van der Waals surface area (Å²) < 4.78 is 0. The van der Waals surface area contributed by atoms with Crippen molar-refractivity contribution in [1.29, 1.82) is 5.26 Å². The van der Waals surface area contributed by atoms with E-state index in [1.54, 1.807) is 12.1 Å². The van der Waals surface area contributed by atoms with Gasteiger partial charge in [-0.25, -0.2) is 0 Å². The molecule has 0 spiro atoms. The Morgan fingerprint density at radius 1 is 1.16 bits per heavy atom. The van der Waals surface area contributed by atoms with Gasteiger partial charge in [0.05, 0.1) is 11.6 Å². The summed E-state index contributed by atoms with van der Waals surface area (Å²) in [6.07, 6.45) is 5.83. The molecule has 19 heavy (non-hydrogen) atoms. The lowest BCUT2D eigenvalue weighted by Gasteiger charge is -2.14. The predicted octanol–water partition coefficient (Wildman–Crippen LogP) is 3.34. The Kier molecular flexibility index (Phi) is 6.08. The SMILES string of the molecule is CCCCc1c(C#N)ccc(C(N)=O)c1CCCC. The van der Waals surface area contributed by atoms with Gasteiger partial charge in [0.25, 0.3) is 0 Å². The summed E-state index contributed by atoms with van der Waals surface area (Å²) in [5, 5.41) is 9.23. The second-order valence-corrected chi connectivity index (χ2v) is 4.80. The first kappa shape index (κ1) is 15.2. The smallest absolute Gasteiger partial charge is 0.248 e. The maximum absolute atomic E-state index is 11.5. The van der Waals surface area contributed by atoms with Crippen LogP contribution in [0.2, 0.25) is 0 Å². The third-order valence-electron chi connectivity index (χ3n) is 3.38. The average molecular weight is 258 g/mol. The number of hydrogen-bond donors (Lipinski definition) is 1. The summed E-state index contributed by atoms with van der Waals surface area (Å²) in [7, 11) is 0. The van der Waals surface area contributed by atoms with Crippen molar-refractivity contribution >= 4 is 5.91 Å². The van der Waals surface area contributed by atoms with Crippen molar-refractivity contribution in [1.82, 2.24) is 0 Å². The zero-order valence-corrected chi connectivity index (χ0v) is 11.8. The van der Waals surface area contributed by atoms with E-state index in [0.29, 0.717) is 11.1 Å².